The van der Waals surface area contributed by atoms with Crippen LogP contribution in [0, 0.1) is 0 Å². The number of nitrogens with zero attached hydrogens (tertiary/aromatic N) is 3. The van der Waals surface area contributed by atoms with E-state index in [9.17, 15) is 4.79 Å². The zero-order valence-electron chi connectivity index (χ0n) is 13.6. The smallest absolute Gasteiger partial charge is 0.264 e. The van der Waals surface area contributed by atoms with E-state index in [1.807, 2.05) is 22.4 Å². The molecule has 1 saturated heterocycles. The number of carbonyl (C=O) groups is 1. The predicted molar refractivity (Wildman–Crippen MR) is 89.0 cm³/mol. The van der Waals surface area contributed by atoms with E-state index in [1.165, 1.54) is 17.8 Å². The van der Waals surface area contributed by atoms with Crippen molar-refractivity contribution in [1.82, 2.24) is 14.7 Å². The predicted octanol–water partition coefficient (Wildman–Crippen LogP) is 2.23. The van der Waals surface area contributed by atoms with Crippen LogP contribution >= 0.6 is 11.3 Å². The molecule has 2 atom stereocenters. The van der Waals surface area contributed by atoms with Crippen LogP contribution < -0.4 is 0 Å². The zero-order chi connectivity index (χ0) is 15.4. The molecule has 0 bridgehead atoms. The molecular formula is C16H27N3OS. The highest BCUT2D eigenvalue weighted by Gasteiger charge is 2.31. The standard InChI is InChI=1S/C16H27N3OS/c1-13-11-18(16(20)15-7-5-10-21-15)12-14(2)19(13)9-6-8-17(3)4/h5,7,10,13-14H,6,8-9,11-12H2,1-4H3. The summed E-state index contributed by atoms with van der Waals surface area (Å²) in [6.07, 6.45) is 1.18. The molecule has 21 heavy (non-hydrogen) atoms. The molecule has 0 aliphatic carbocycles. The summed E-state index contributed by atoms with van der Waals surface area (Å²) in [5.74, 6) is 0.191. The molecule has 0 N–H and O–H groups in total. The molecule has 1 aliphatic heterocycles. The Labute approximate surface area is 132 Å². The first-order valence-corrected chi connectivity index (χ1v) is 8.60. The van der Waals surface area contributed by atoms with Crippen molar-refractivity contribution < 1.29 is 4.79 Å². The second-order valence-electron chi connectivity index (χ2n) is 6.28. The van der Waals surface area contributed by atoms with Crippen LogP contribution in [0.1, 0.15) is 29.9 Å². The first-order valence-electron chi connectivity index (χ1n) is 7.72. The zero-order valence-corrected chi connectivity index (χ0v) is 14.4. The van der Waals surface area contributed by atoms with Gasteiger partial charge in [0.15, 0.2) is 0 Å². The van der Waals surface area contributed by atoms with E-state index < -0.39 is 0 Å². The highest BCUT2D eigenvalue weighted by Crippen LogP contribution is 2.20. The van der Waals surface area contributed by atoms with Crippen LogP contribution in [0.2, 0.25) is 0 Å². The van der Waals surface area contributed by atoms with Crippen molar-refractivity contribution in [3.8, 4) is 0 Å². The van der Waals surface area contributed by atoms with Crippen molar-refractivity contribution in [2.45, 2.75) is 32.4 Å². The van der Waals surface area contributed by atoms with Gasteiger partial charge in [0.1, 0.15) is 0 Å². The van der Waals surface area contributed by atoms with E-state index in [0.717, 1.165) is 31.1 Å². The molecule has 0 spiro atoms. The molecule has 2 heterocycles. The molecular weight excluding hydrogens is 282 g/mol. The van der Waals surface area contributed by atoms with E-state index in [0.29, 0.717) is 12.1 Å². The van der Waals surface area contributed by atoms with Gasteiger partial charge in [0.05, 0.1) is 4.88 Å². The summed E-state index contributed by atoms with van der Waals surface area (Å²) in [6.45, 7) is 8.38. The third kappa shape index (κ3) is 4.28. The number of amides is 1. The Bertz CT molecular complexity index is 434. The molecule has 118 valence electrons. The maximum absolute atomic E-state index is 12.5. The Hall–Kier alpha value is -0.910. The summed E-state index contributed by atoms with van der Waals surface area (Å²) in [7, 11) is 4.23. The molecule has 2 unspecified atom stereocenters. The molecule has 2 rings (SSSR count). The van der Waals surface area contributed by atoms with Crippen molar-refractivity contribution >= 4 is 17.2 Å². The molecule has 1 fully saturated rings. The lowest BCUT2D eigenvalue weighted by atomic mass is 10.1. The lowest BCUT2D eigenvalue weighted by molar-refractivity contribution is 0.0298. The fourth-order valence-corrected chi connectivity index (χ4v) is 3.78. The first kappa shape index (κ1) is 16.5. The topological polar surface area (TPSA) is 26.8 Å². The Balaban J connectivity index is 1.91. The van der Waals surface area contributed by atoms with Crippen molar-refractivity contribution in [2.24, 2.45) is 0 Å². The Morgan fingerprint density at radius 2 is 2.00 bits per heavy atom. The van der Waals surface area contributed by atoms with Crippen LogP contribution in [0.25, 0.3) is 0 Å². The number of carbonyl (C=O) groups excluding carboxylic acids is 1. The quantitative estimate of drug-likeness (QED) is 0.834. The van der Waals surface area contributed by atoms with Crippen LogP contribution in [0.5, 0.6) is 0 Å². The molecule has 0 saturated carbocycles. The molecule has 1 aromatic heterocycles. The number of rotatable bonds is 5. The average molecular weight is 309 g/mol. The summed E-state index contributed by atoms with van der Waals surface area (Å²) in [5, 5.41) is 1.97. The van der Waals surface area contributed by atoms with Gasteiger partial charge in [-0.1, -0.05) is 6.07 Å². The van der Waals surface area contributed by atoms with Gasteiger partial charge in [-0.05, 0) is 52.4 Å². The minimum Gasteiger partial charge on any atom is -0.335 e. The molecule has 5 heteroatoms. The van der Waals surface area contributed by atoms with Gasteiger partial charge in [-0.3, -0.25) is 9.69 Å². The Kier molecular flexibility index (Phi) is 5.79. The van der Waals surface area contributed by atoms with Gasteiger partial charge in [-0.15, -0.1) is 11.3 Å². The molecule has 0 aromatic carbocycles. The van der Waals surface area contributed by atoms with E-state index in [2.05, 4.69) is 37.7 Å². The second kappa shape index (κ2) is 7.38. The van der Waals surface area contributed by atoms with Crippen molar-refractivity contribution in [2.75, 3.05) is 40.3 Å². The number of thiophene rings is 1. The molecule has 0 radical (unpaired) electrons. The summed E-state index contributed by atoms with van der Waals surface area (Å²) in [5.41, 5.74) is 0. The summed E-state index contributed by atoms with van der Waals surface area (Å²) in [4.78, 5) is 20.1. The van der Waals surface area contributed by atoms with Crippen LogP contribution in [-0.2, 0) is 0 Å². The van der Waals surface area contributed by atoms with Crippen LogP contribution in [0.4, 0.5) is 0 Å². The van der Waals surface area contributed by atoms with Gasteiger partial charge in [0.25, 0.3) is 5.91 Å². The molecule has 4 nitrogen and oxygen atoms in total. The SMILES string of the molecule is CC1CN(C(=O)c2cccs2)CC(C)N1CCCN(C)C. The van der Waals surface area contributed by atoms with Gasteiger partial charge in [-0.2, -0.15) is 0 Å². The lowest BCUT2D eigenvalue weighted by Gasteiger charge is -2.44. The lowest BCUT2D eigenvalue weighted by Crippen LogP contribution is -2.58. The van der Waals surface area contributed by atoms with E-state index >= 15 is 0 Å². The number of hydrogen-bond donors (Lipinski definition) is 0. The third-order valence-electron chi connectivity index (χ3n) is 4.14. The second-order valence-corrected chi connectivity index (χ2v) is 7.23. The number of hydrogen-bond acceptors (Lipinski definition) is 4. The molecule has 1 aromatic rings. The van der Waals surface area contributed by atoms with Crippen molar-refractivity contribution in [3.63, 3.8) is 0 Å². The average Bonchev–Trinajstić information content (AvgIpc) is 2.94. The minimum atomic E-state index is 0.191. The highest BCUT2D eigenvalue weighted by molar-refractivity contribution is 7.12. The van der Waals surface area contributed by atoms with Crippen LogP contribution in [0.15, 0.2) is 17.5 Å². The minimum absolute atomic E-state index is 0.191. The van der Waals surface area contributed by atoms with Crippen LogP contribution in [-0.4, -0.2) is 73.0 Å². The van der Waals surface area contributed by atoms with Crippen LogP contribution in [0.3, 0.4) is 0 Å². The van der Waals surface area contributed by atoms with E-state index in [1.54, 1.807) is 0 Å². The van der Waals surface area contributed by atoms with Gasteiger partial charge in [0, 0.05) is 31.7 Å². The molecule has 1 aliphatic rings. The summed E-state index contributed by atoms with van der Waals surface area (Å²) >= 11 is 1.53. The van der Waals surface area contributed by atoms with Gasteiger partial charge >= 0.3 is 0 Å². The van der Waals surface area contributed by atoms with Gasteiger partial charge < -0.3 is 9.80 Å². The third-order valence-corrected chi connectivity index (χ3v) is 5.00. The molecule has 1 amide bonds. The van der Waals surface area contributed by atoms with Gasteiger partial charge in [-0.25, -0.2) is 0 Å². The Morgan fingerprint density at radius 3 is 2.52 bits per heavy atom. The van der Waals surface area contributed by atoms with E-state index in [4.69, 9.17) is 0 Å². The van der Waals surface area contributed by atoms with Crippen molar-refractivity contribution in [1.29, 1.82) is 0 Å². The maximum atomic E-state index is 12.5. The fraction of sp³-hybridized carbons (Fsp3) is 0.688. The summed E-state index contributed by atoms with van der Waals surface area (Å²) in [6, 6.07) is 4.73. The monoisotopic (exact) mass is 309 g/mol. The maximum Gasteiger partial charge on any atom is 0.264 e. The van der Waals surface area contributed by atoms with Gasteiger partial charge in [0.2, 0.25) is 0 Å². The fourth-order valence-electron chi connectivity index (χ4n) is 3.09. The van der Waals surface area contributed by atoms with Crippen molar-refractivity contribution in [3.05, 3.63) is 22.4 Å². The number of piperazine rings is 1. The normalized spacial score (nSPS) is 23.8. The highest BCUT2D eigenvalue weighted by atomic mass is 32.1. The Morgan fingerprint density at radius 1 is 1.33 bits per heavy atom. The van der Waals surface area contributed by atoms with E-state index in [-0.39, 0.29) is 5.91 Å². The largest absolute Gasteiger partial charge is 0.335 e. The summed E-state index contributed by atoms with van der Waals surface area (Å²) < 4.78 is 0. The first-order chi connectivity index (χ1) is 9.99.